The number of sulfonamides is 1. The Morgan fingerprint density at radius 1 is 0.974 bits per heavy atom. The van der Waals surface area contributed by atoms with Gasteiger partial charge in [-0.05, 0) is 81.4 Å². The van der Waals surface area contributed by atoms with Crippen molar-refractivity contribution >= 4 is 67.0 Å². The van der Waals surface area contributed by atoms with Crippen LogP contribution < -0.4 is 9.73 Å². The van der Waals surface area contributed by atoms with Crippen LogP contribution in [0.3, 0.4) is 0 Å². The minimum atomic E-state index is -4.12. The lowest BCUT2D eigenvalue weighted by atomic mass is 10.2. The predicted octanol–water partition coefficient (Wildman–Crippen LogP) is 6.82. The molecule has 4 aromatic rings. The first-order valence-corrected chi connectivity index (χ1v) is 14.8. The summed E-state index contributed by atoms with van der Waals surface area (Å²) in [6.07, 6.45) is 1.53. The maximum atomic E-state index is 13.6. The number of carbonyl (C=O) groups is 1. The summed E-state index contributed by atoms with van der Waals surface area (Å²) in [6.45, 7) is 5.25. The smallest absolute Gasteiger partial charge is 0.264 e. The van der Waals surface area contributed by atoms with Crippen LogP contribution in [0.4, 0.5) is 5.69 Å². The lowest BCUT2D eigenvalue weighted by Crippen LogP contribution is -2.39. The first-order valence-electron chi connectivity index (χ1n) is 11.8. The molecule has 0 saturated heterocycles. The van der Waals surface area contributed by atoms with E-state index in [4.69, 9.17) is 23.2 Å². The van der Waals surface area contributed by atoms with Crippen LogP contribution >= 0.6 is 39.1 Å². The van der Waals surface area contributed by atoms with Crippen LogP contribution in [0, 0.1) is 20.8 Å². The van der Waals surface area contributed by atoms with E-state index < -0.39 is 22.5 Å². The summed E-state index contributed by atoms with van der Waals surface area (Å²) in [5, 5.41) is 4.57. The summed E-state index contributed by atoms with van der Waals surface area (Å²) in [5.41, 5.74) is 7.23. The Balaban J connectivity index is 1.57. The number of nitrogens with one attached hydrogen (secondary N) is 1. The monoisotopic (exact) mass is 646 g/mol. The van der Waals surface area contributed by atoms with Crippen molar-refractivity contribution in [3.05, 3.63) is 110 Å². The van der Waals surface area contributed by atoms with Crippen LogP contribution in [-0.2, 0) is 14.8 Å². The molecule has 0 atom stereocenters. The Labute approximate surface area is 246 Å². The molecular weight excluding hydrogens is 623 g/mol. The van der Waals surface area contributed by atoms with Crippen molar-refractivity contribution < 1.29 is 13.2 Å². The molecule has 1 aromatic heterocycles. The maximum Gasteiger partial charge on any atom is 0.264 e. The van der Waals surface area contributed by atoms with E-state index in [0.717, 1.165) is 37.0 Å². The summed E-state index contributed by atoms with van der Waals surface area (Å²) in [6, 6.07) is 20.6. The molecule has 0 unspecified atom stereocenters. The number of hydrogen-bond donors (Lipinski definition) is 1. The van der Waals surface area contributed by atoms with Crippen molar-refractivity contribution in [1.29, 1.82) is 0 Å². The Bertz CT molecular complexity index is 1630. The van der Waals surface area contributed by atoms with E-state index in [1.54, 1.807) is 12.1 Å². The van der Waals surface area contributed by atoms with Gasteiger partial charge in [-0.3, -0.25) is 9.10 Å². The second-order valence-electron chi connectivity index (χ2n) is 8.88. The predicted molar refractivity (Wildman–Crippen MR) is 161 cm³/mol. The molecule has 0 radical (unpaired) electrons. The molecule has 202 valence electrons. The number of aryl methyl sites for hydroxylation is 2. The normalized spacial score (nSPS) is 11.6. The van der Waals surface area contributed by atoms with Crippen molar-refractivity contribution in [2.45, 2.75) is 25.7 Å². The van der Waals surface area contributed by atoms with Gasteiger partial charge in [0, 0.05) is 37.2 Å². The molecule has 39 heavy (non-hydrogen) atoms. The molecule has 4 rings (SSSR count). The van der Waals surface area contributed by atoms with Gasteiger partial charge in [-0.25, -0.2) is 13.8 Å². The van der Waals surface area contributed by atoms with E-state index >= 15 is 0 Å². The average Bonchev–Trinajstić information content (AvgIpc) is 3.15. The molecule has 7 nitrogen and oxygen atoms in total. The van der Waals surface area contributed by atoms with Crippen LogP contribution in [0.15, 0.2) is 87.3 Å². The summed E-state index contributed by atoms with van der Waals surface area (Å²) < 4.78 is 31.1. The third-order valence-corrected chi connectivity index (χ3v) is 8.73. The van der Waals surface area contributed by atoms with Crippen molar-refractivity contribution in [2.75, 3.05) is 10.8 Å². The first-order chi connectivity index (χ1) is 18.5. The second-order valence-corrected chi connectivity index (χ2v) is 12.5. The second kappa shape index (κ2) is 12.0. The van der Waals surface area contributed by atoms with Crippen molar-refractivity contribution in [1.82, 2.24) is 9.99 Å². The highest BCUT2D eigenvalue weighted by Gasteiger charge is 2.28. The third-order valence-electron chi connectivity index (χ3n) is 5.98. The Morgan fingerprint density at radius 3 is 2.21 bits per heavy atom. The minimum Gasteiger partial charge on any atom is -0.318 e. The van der Waals surface area contributed by atoms with Crippen molar-refractivity contribution in [3.8, 4) is 5.69 Å². The molecule has 1 heterocycles. The zero-order chi connectivity index (χ0) is 28.3. The molecule has 0 saturated carbocycles. The lowest BCUT2D eigenvalue weighted by molar-refractivity contribution is -0.119. The number of hydrazone groups is 1. The quantitative estimate of drug-likeness (QED) is 0.168. The van der Waals surface area contributed by atoms with E-state index in [-0.39, 0.29) is 20.6 Å². The molecular formula is C28H25BrCl2N4O3S. The maximum absolute atomic E-state index is 13.6. The molecule has 1 N–H and O–H groups in total. The molecule has 0 spiro atoms. The fourth-order valence-corrected chi connectivity index (χ4v) is 6.26. The van der Waals surface area contributed by atoms with E-state index in [9.17, 15) is 13.2 Å². The highest BCUT2D eigenvalue weighted by atomic mass is 79.9. The first kappa shape index (κ1) is 28.9. The topological polar surface area (TPSA) is 83.8 Å². The van der Waals surface area contributed by atoms with Crippen LogP contribution in [0.2, 0.25) is 10.0 Å². The van der Waals surface area contributed by atoms with Crippen molar-refractivity contribution in [2.24, 2.45) is 5.10 Å². The van der Waals surface area contributed by atoms with Crippen LogP contribution in [0.5, 0.6) is 0 Å². The Hall–Kier alpha value is -3.11. The number of hydrogen-bond acceptors (Lipinski definition) is 4. The number of carbonyl (C=O) groups excluding carboxylic acids is 1. The van der Waals surface area contributed by atoms with Gasteiger partial charge < -0.3 is 4.57 Å². The molecule has 0 aliphatic heterocycles. The van der Waals surface area contributed by atoms with E-state index in [2.05, 4.69) is 31.0 Å². The van der Waals surface area contributed by atoms with Gasteiger partial charge in [0.25, 0.3) is 15.9 Å². The largest absolute Gasteiger partial charge is 0.318 e. The molecule has 0 fully saturated rings. The molecule has 1 amide bonds. The van der Waals surface area contributed by atoms with Gasteiger partial charge in [0.15, 0.2) is 0 Å². The summed E-state index contributed by atoms with van der Waals surface area (Å²) in [4.78, 5) is 13.0. The van der Waals surface area contributed by atoms with Crippen LogP contribution in [-0.4, -0.2) is 31.7 Å². The summed E-state index contributed by atoms with van der Waals surface area (Å²) in [5.74, 6) is -0.639. The Morgan fingerprint density at radius 2 is 1.59 bits per heavy atom. The number of nitrogens with zero attached hydrogens (tertiary/aromatic N) is 3. The number of rotatable bonds is 8. The van der Waals surface area contributed by atoms with Gasteiger partial charge in [0.1, 0.15) is 6.54 Å². The molecule has 0 aliphatic rings. The zero-order valence-electron chi connectivity index (χ0n) is 21.3. The highest BCUT2D eigenvalue weighted by molar-refractivity contribution is 9.10. The third kappa shape index (κ3) is 6.73. The Kier molecular flexibility index (Phi) is 8.86. The van der Waals surface area contributed by atoms with Gasteiger partial charge >= 0.3 is 0 Å². The highest BCUT2D eigenvalue weighted by Crippen LogP contribution is 2.30. The summed E-state index contributed by atoms with van der Waals surface area (Å²) >= 11 is 15.7. The SMILES string of the molecule is Cc1ccc(S(=O)(=O)N(CC(=O)N/N=C\c2cc(C)n(-c3ccc(Br)cc3)c2C)c2cc(Cl)cc(Cl)c2)cc1. The van der Waals surface area contributed by atoms with Crippen molar-refractivity contribution in [3.63, 3.8) is 0 Å². The number of benzene rings is 3. The fraction of sp³-hybridized carbons (Fsp3) is 0.143. The summed E-state index contributed by atoms with van der Waals surface area (Å²) in [7, 11) is -4.12. The minimum absolute atomic E-state index is 0.0286. The number of anilines is 1. The van der Waals surface area contributed by atoms with E-state index in [0.29, 0.717) is 0 Å². The molecule has 0 aliphatic carbocycles. The number of aromatic nitrogens is 1. The average molecular weight is 648 g/mol. The zero-order valence-corrected chi connectivity index (χ0v) is 25.2. The number of amides is 1. The fourth-order valence-electron chi connectivity index (χ4n) is 4.08. The van der Waals surface area contributed by atoms with Gasteiger partial charge in [0.2, 0.25) is 0 Å². The van der Waals surface area contributed by atoms with Gasteiger partial charge in [-0.15, -0.1) is 0 Å². The molecule has 0 bridgehead atoms. The van der Waals surface area contributed by atoms with Crippen LogP contribution in [0.1, 0.15) is 22.5 Å². The van der Waals surface area contributed by atoms with E-state index in [1.807, 2.05) is 51.1 Å². The van der Waals surface area contributed by atoms with Gasteiger partial charge in [-0.1, -0.05) is 56.8 Å². The standard InChI is InChI=1S/C28H25BrCl2N4O3S/c1-18-4-10-27(11-5-18)39(37,38)34(26-14-23(30)13-24(31)15-26)17-28(36)33-32-16-21-12-19(2)35(20(21)3)25-8-6-22(29)7-9-25/h4-16H,17H2,1-3H3,(H,33,36)/b32-16-. The molecule has 11 heteroatoms. The number of halogens is 3. The van der Waals surface area contributed by atoms with E-state index in [1.165, 1.54) is 36.5 Å². The lowest BCUT2D eigenvalue weighted by Gasteiger charge is -2.24. The van der Waals surface area contributed by atoms with Crippen LogP contribution in [0.25, 0.3) is 5.69 Å². The molecule has 3 aromatic carbocycles. The van der Waals surface area contributed by atoms with Gasteiger partial charge in [0.05, 0.1) is 16.8 Å². The van der Waals surface area contributed by atoms with Gasteiger partial charge in [-0.2, -0.15) is 5.10 Å².